The highest BCUT2D eigenvalue weighted by Gasteiger charge is 2.23. The maximum Gasteiger partial charge on any atom is 0.295 e. The summed E-state index contributed by atoms with van der Waals surface area (Å²) in [6, 6.07) is 18.8. The number of benzene rings is 3. The lowest BCUT2D eigenvalue weighted by molar-refractivity contribution is -0.118. The van der Waals surface area contributed by atoms with Crippen LogP contribution in [0.15, 0.2) is 87.9 Å². The number of fused-ring (bicyclic) bond motifs is 1. The summed E-state index contributed by atoms with van der Waals surface area (Å²) in [5.74, 6) is -2.04. The van der Waals surface area contributed by atoms with Crippen LogP contribution >= 0.6 is 0 Å². The molecule has 1 heterocycles. The standard InChI is InChI=1S/C25H22N4O6S/c1-16-7-13-19(14-8-16)36(34,35)28(2)15-22(30)26-27-23(31)17-9-11-18(12-10-17)29-24(32)20-5-3-4-6-21(20)25(29)33/h3-14,32-33H,15H2,1-2H3. The van der Waals surface area contributed by atoms with Gasteiger partial charge in [0, 0.05) is 23.4 Å². The first-order chi connectivity index (χ1) is 17.1. The largest absolute Gasteiger partial charge is 0.494 e. The minimum absolute atomic E-state index is 0.0316. The molecule has 11 heteroatoms. The third-order valence-corrected chi connectivity index (χ3v) is 7.36. The van der Waals surface area contributed by atoms with Crippen molar-refractivity contribution in [1.29, 1.82) is 0 Å². The first-order valence-electron chi connectivity index (χ1n) is 10.7. The van der Waals surface area contributed by atoms with Gasteiger partial charge in [-0.1, -0.05) is 29.8 Å². The van der Waals surface area contributed by atoms with Crippen molar-refractivity contribution in [2.45, 2.75) is 11.8 Å². The number of amides is 2. The molecule has 0 aliphatic carbocycles. The van der Waals surface area contributed by atoms with Gasteiger partial charge in [0.15, 0.2) is 0 Å². The van der Waals surface area contributed by atoms with Gasteiger partial charge in [-0.15, -0.1) is 10.2 Å². The fourth-order valence-electron chi connectivity index (χ4n) is 3.57. The number of carbonyl (C=O) groups is 2. The van der Waals surface area contributed by atoms with Crippen LogP contribution < -0.4 is 0 Å². The van der Waals surface area contributed by atoms with Crippen molar-refractivity contribution in [3.05, 3.63) is 83.9 Å². The summed E-state index contributed by atoms with van der Waals surface area (Å²) in [7, 11) is -2.67. The van der Waals surface area contributed by atoms with Crippen molar-refractivity contribution in [3.8, 4) is 17.4 Å². The van der Waals surface area contributed by atoms with Crippen LogP contribution in [0.1, 0.15) is 15.9 Å². The van der Waals surface area contributed by atoms with Crippen LogP contribution in [0.25, 0.3) is 16.5 Å². The molecule has 36 heavy (non-hydrogen) atoms. The number of aromatic nitrogens is 1. The van der Waals surface area contributed by atoms with E-state index in [0.717, 1.165) is 9.87 Å². The van der Waals surface area contributed by atoms with E-state index in [1.165, 1.54) is 48.0 Å². The highest BCUT2D eigenvalue weighted by molar-refractivity contribution is 7.89. The third-order valence-electron chi connectivity index (χ3n) is 5.54. The minimum atomic E-state index is -3.91. The molecular weight excluding hydrogens is 484 g/mol. The SMILES string of the molecule is Cc1ccc(S(=O)(=O)N(C)CC(=O)N=NC(=O)c2ccc(-n3c(O)c4ccccc4c3O)cc2)cc1. The van der Waals surface area contributed by atoms with Crippen LogP contribution in [-0.2, 0) is 14.8 Å². The Bertz CT molecular complexity index is 1550. The Hall–Kier alpha value is -4.35. The molecule has 4 rings (SSSR count). The lowest BCUT2D eigenvalue weighted by Gasteiger charge is -2.15. The summed E-state index contributed by atoms with van der Waals surface area (Å²) in [5, 5.41) is 28.6. The number of rotatable bonds is 6. The van der Waals surface area contributed by atoms with E-state index in [2.05, 4.69) is 10.2 Å². The van der Waals surface area contributed by atoms with Gasteiger partial charge in [0.2, 0.25) is 21.8 Å². The van der Waals surface area contributed by atoms with E-state index in [0.29, 0.717) is 16.5 Å². The lowest BCUT2D eigenvalue weighted by Crippen LogP contribution is -2.31. The molecule has 0 spiro atoms. The Balaban J connectivity index is 1.44. The van der Waals surface area contributed by atoms with Gasteiger partial charge in [0.1, 0.15) is 0 Å². The summed E-state index contributed by atoms with van der Waals surface area (Å²) in [6.45, 7) is 1.23. The highest BCUT2D eigenvalue weighted by atomic mass is 32.2. The van der Waals surface area contributed by atoms with Crippen LogP contribution in [0.5, 0.6) is 11.8 Å². The van der Waals surface area contributed by atoms with Crippen LogP contribution in [0, 0.1) is 6.92 Å². The van der Waals surface area contributed by atoms with E-state index in [9.17, 15) is 28.2 Å². The quantitative estimate of drug-likeness (QED) is 0.381. The molecule has 0 bridgehead atoms. The van der Waals surface area contributed by atoms with Crippen molar-refractivity contribution in [3.63, 3.8) is 0 Å². The molecule has 0 atom stereocenters. The van der Waals surface area contributed by atoms with Gasteiger partial charge in [-0.3, -0.25) is 14.2 Å². The molecule has 0 unspecified atom stereocenters. The molecule has 10 nitrogen and oxygen atoms in total. The number of azo groups is 1. The molecule has 2 N–H and O–H groups in total. The molecule has 184 valence electrons. The van der Waals surface area contributed by atoms with E-state index in [1.54, 1.807) is 36.4 Å². The highest BCUT2D eigenvalue weighted by Crippen LogP contribution is 2.38. The normalized spacial score (nSPS) is 12.0. The zero-order chi connectivity index (χ0) is 26.0. The van der Waals surface area contributed by atoms with E-state index in [1.807, 2.05) is 6.92 Å². The van der Waals surface area contributed by atoms with Crippen molar-refractivity contribution < 1.29 is 28.2 Å². The first-order valence-corrected chi connectivity index (χ1v) is 12.2. The smallest absolute Gasteiger partial charge is 0.295 e. The minimum Gasteiger partial charge on any atom is -0.494 e. The number of aromatic hydroxyl groups is 2. The summed E-state index contributed by atoms with van der Waals surface area (Å²) in [4.78, 5) is 24.5. The Morgan fingerprint density at radius 3 is 1.97 bits per heavy atom. The Morgan fingerprint density at radius 1 is 0.861 bits per heavy atom. The molecule has 2 amide bonds. The topological polar surface area (TPSA) is 142 Å². The second-order valence-corrected chi connectivity index (χ2v) is 10.1. The number of sulfonamides is 1. The van der Waals surface area contributed by atoms with Crippen molar-refractivity contribution in [1.82, 2.24) is 8.87 Å². The monoisotopic (exact) mass is 506 g/mol. The molecule has 0 radical (unpaired) electrons. The predicted octanol–water partition coefficient (Wildman–Crippen LogP) is 3.79. The van der Waals surface area contributed by atoms with Crippen molar-refractivity contribution in [2.75, 3.05) is 13.6 Å². The van der Waals surface area contributed by atoms with Crippen molar-refractivity contribution in [2.24, 2.45) is 10.2 Å². The number of aryl methyl sites for hydroxylation is 1. The number of likely N-dealkylation sites (N-methyl/N-ethyl adjacent to an activating group) is 1. The van der Waals surface area contributed by atoms with Gasteiger partial charge >= 0.3 is 0 Å². The summed E-state index contributed by atoms with van der Waals surface area (Å²) < 4.78 is 27.2. The molecule has 0 saturated carbocycles. The maximum absolute atomic E-state index is 12.6. The Kier molecular flexibility index (Phi) is 6.69. The van der Waals surface area contributed by atoms with E-state index < -0.39 is 28.4 Å². The maximum atomic E-state index is 12.6. The molecule has 0 aliphatic rings. The van der Waals surface area contributed by atoms with Crippen LogP contribution in [-0.4, -0.2) is 52.9 Å². The summed E-state index contributed by atoms with van der Waals surface area (Å²) in [6.07, 6.45) is 0. The number of nitrogens with zero attached hydrogens (tertiary/aromatic N) is 4. The van der Waals surface area contributed by atoms with E-state index >= 15 is 0 Å². The van der Waals surface area contributed by atoms with Gasteiger partial charge in [-0.2, -0.15) is 4.31 Å². The zero-order valence-electron chi connectivity index (χ0n) is 19.4. The van der Waals surface area contributed by atoms with Gasteiger partial charge in [0.25, 0.3) is 11.8 Å². The van der Waals surface area contributed by atoms with Gasteiger partial charge in [-0.25, -0.2) is 8.42 Å². The van der Waals surface area contributed by atoms with Crippen molar-refractivity contribution >= 4 is 32.6 Å². The first kappa shape index (κ1) is 24.8. The predicted molar refractivity (Wildman–Crippen MR) is 132 cm³/mol. The zero-order valence-corrected chi connectivity index (χ0v) is 20.2. The Morgan fingerprint density at radius 2 is 1.42 bits per heavy atom. The summed E-state index contributed by atoms with van der Waals surface area (Å²) >= 11 is 0. The lowest BCUT2D eigenvalue weighted by atomic mass is 10.2. The van der Waals surface area contributed by atoms with Gasteiger partial charge in [-0.05, 0) is 55.5 Å². The second-order valence-electron chi connectivity index (χ2n) is 8.05. The summed E-state index contributed by atoms with van der Waals surface area (Å²) in [5.41, 5.74) is 1.39. The van der Waals surface area contributed by atoms with Gasteiger partial charge < -0.3 is 10.2 Å². The van der Waals surface area contributed by atoms with Crippen LogP contribution in [0.4, 0.5) is 0 Å². The average molecular weight is 507 g/mol. The van der Waals surface area contributed by atoms with E-state index in [-0.39, 0.29) is 22.2 Å². The number of carbonyl (C=O) groups excluding carboxylic acids is 2. The fourth-order valence-corrected chi connectivity index (χ4v) is 4.69. The van der Waals surface area contributed by atoms with E-state index in [4.69, 9.17) is 0 Å². The molecule has 4 aromatic rings. The number of hydrogen-bond acceptors (Lipinski definition) is 6. The second kappa shape index (κ2) is 9.72. The molecule has 0 fully saturated rings. The molecule has 0 saturated heterocycles. The fraction of sp³-hybridized carbons (Fsp3) is 0.120. The molecule has 1 aromatic heterocycles. The molecular formula is C25H22N4O6S. The molecule has 3 aromatic carbocycles. The third kappa shape index (κ3) is 4.74. The Labute approximate surface area is 206 Å². The van der Waals surface area contributed by atoms with Gasteiger partial charge in [0.05, 0.1) is 17.1 Å². The average Bonchev–Trinajstić information content (AvgIpc) is 3.12. The van der Waals surface area contributed by atoms with Crippen LogP contribution in [0.3, 0.4) is 0 Å². The molecule has 0 aliphatic heterocycles. The van der Waals surface area contributed by atoms with Crippen LogP contribution in [0.2, 0.25) is 0 Å². The number of hydrogen-bond donors (Lipinski definition) is 2.